The molecule has 5 rings (SSSR count). The van der Waals surface area contributed by atoms with Crippen molar-refractivity contribution in [3.05, 3.63) is 72.8 Å². The summed E-state index contributed by atoms with van der Waals surface area (Å²) in [7, 11) is 1.57. The zero-order valence-corrected chi connectivity index (χ0v) is 23.6. The van der Waals surface area contributed by atoms with E-state index in [0.29, 0.717) is 41.4 Å². The Morgan fingerprint density at radius 3 is 2.46 bits per heavy atom. The summed E-state index contributed by atoms with van der Waals surface area (Å²) >= 11 is 0. The third kappa shape index (κ3) is 6.34. The highest BCUT2D eigenvalue weighted by atomic mass is 16.6. The van der Waals surface area contributed by atoms with Gasteiger partial charge in [-0.15, -0.1) is 0 Å². The Kier molecular flexibility index (Phi) is 7.95. The van der Waals surface area contributed by atoms with Crippen molar-refractivity contribution in [3.63, 3.8) is 0 Å². The SMILES string of the molecule is COc1cncc2nc(-c3ccncc3)nc(N3CCN(C(=O)OC(C)(C)C)C(C(=O)NCc4ccccc4)C3)c12. The van der Waals surface area contributed by atoms with E-state index in [1.54, 1.807) is 52.7 Å². The standard InChI is InChI=1S/C30H33N7O4/c1-30(2,3)41-29(39)37-15-14-36(19-23(37)28(38)33-16-20-8-6-5-7-9-20)27-25-22(17-32-18-24(25)40-4)34-26(35-27)21-10-12-31-13-11-21/h5-13,17-18,23H,14-16,19H2,1-4H3,(H,33,38). The Morgan fingerprint density at radius 1 is 1.00 bits per heavy atom. The molecule has 41 heavy (non-hydrogen) atoms. The summed E-state index contributed by atoms with van der Waals surface area (Å²) in [6.45, 7) is 6.60. The number of fused-ring (bicyclic) bond motifs is 1. The fourth-order valence-corrected chi connectivity index (χ4v) is 4.69. The summed E-state index contributed by atoms with van der Waals surface area (Å²) in [5.41, 5.74) is 1.64. The van der Waals surface area contributed by atoms with Gasteiger partial charge in [-0.05, 0) is 38.5 Å². The van der Waals surface area contributed by atoms with Crippen molar-refractivity contribution in [1.82, 2.24) is 30.2 Å². The summed E-state index contributed by atoms with van der Waals surface area (Å²) in [4.78, 5) is 48.4. The first-order valence-corrected chi connectivity index (χ1v) is 13.4. The number of benzene rings is 1. The number of hydrogen-bond donors (Lipinski definition) is 1. The van der Waals surface area contributed by atoms with Gasteiger partial charge in [-0.25, -0.2) is 14.8 Å². The predicted octanol–water partition coefficient (Wildman–Crippen LogP) is 3.84. The third-order valence-corrected chi connectivity index (χ3v) is 6.63. The quantitative estimate of drug-likeness (QED) is 0.378. The Balaban J connectivity index is 1.52. The van der Waals surface area contributed by atoms with Crippen molar-refractivity contribution in [2.75, 3.05) is 31.6 Å². The number of amides is 2. The van der Waals surface area contributed by atoms with Gasteiger partial charge in [0, 0.05) is 44.1 Å². The largest absolute Gasteiger partial charge is 0.494 e. The molecule has 0 saturated carbocycles. The second-order valence-corrected chi connectivity index (χ2v) is 10.7. The van der Waals surface area contributed by atoms with Crippen LogP contribution in [-0.4, -0.2) is 75.2 Å². The van der Waals surface area contributed by atoms with Gasteiger partial charge in [0.05, 0.1) is 30.4 Å². The molecule has 1 saturated heterocycles. The first kappa shape index (κ1) is 27.8. The molecule has 2 amide bonds. The van der Waals surface area contributed by atoms with Gasteiger partial charge in [0.1, 0.15) is 23.2 Å². The van der Waals surface area contributed by atoms with Crippen LogP contribution in [0.25, 0.3) is 22.3 Å². The minimum absolute atomic E-state index is 0.188. The van der Waals surface area contributed by atoms with E-state index in [0.717, 1.165) is 11.1 Å². The number of piperazine rings is 1. The highest BCUT2D eigenvalue weighted by Crippen LogP contribution is 2.34. The molecule has 11 nitrogen and oxygen atoms in total. The van der Waals surface area contributed by atoms with Crippen LogP contribution in [0.4, 0.5) is 10.6 Å². The average molecular weight is 556 g/mol. The van der Waals surface area contributed by atoms with Gasteiger partial charge in [-0.1, -0.05) is 30.3 Å². The van der Waals surface area contributed by atoms with E-state index < -0.39 is 17.7 Å². The Bertz CT molecular complexity index is 1530. The van der Waals surface area contributed by atoms with E-state index in [9.17, 15) is 9.59 Å². The van der Waals surface area contributed by atoms with Crippen LogP contribution in [0.5, 0.6) is 5.75 Å². The van der Waals surface area contributed by atoms with Gasteiger partial charge >= 0.3 is 6.09 Å². The maximum atomic E-state index is 13.6. The topological polar surface area (TPSA) is 123 Å². The van der Waals surface area contributed by atoms with E-state index in [4.69, 9.17) is 19.4 Å². The van der Waals surface area contributed by atoms with E-state index >= 15 is 0 Å². The highest BCUT2D eigenvalue weighted by molar-refractivity contribution is 5.96. The summed E-state index contributed by atoms with van der Waals surface area (Å²) in [6, 6.07) is 12.5. The number of pyridine rings is 2. The van der Waals surface area contributed by atoms with Crippen molar-refractivity contribution in [2.24, 2.45) is 0 Å². The average Bonchev–Trinajstić information content (AvgIpc) is 2.98. The third-order valence-electron chi connectivity index (χ3n) is 6.63. The minimum atomic E-state index is -0.829. The molecule has 1 atom stereocenters. The van der Waals surface area contributed by atoms with E-state index in [1.165, 1.54) is 4.90 Å². The lowest BCUT2D eigenvalue weighted by molar-refractivity contribution is -0.126. The molecule has 4 heterocycles. The van der Waals surface area contributed by atoms with Gasteiger partial charge in [0.15, 0.2) is 5.82 Å². The monoisotopic (exact) mass is 555 g/mol. The van der Waals surface area contributed by atoms with Crippen molar-refractivity contribution in [3.8, 4) is 17.1 Å². The molecule has 11 heteroatoms. The summed E-state index contributed by atoms with van der Waals surface area (Å²) in [5.74, 6) is 1.31. The van der Waals surface area contributed by atoms with Crippen molar-refractivity contribution in [1.29, 1.82) is 0 Å². The van der Waals surface area contributed by atoms with Gasteiger partial charge in [-0.2, -0.15) is 0 Å². The molecule has 1 unspecified atom stereocenters. The van der Waals surface area contributed by atoms with Gasteiger partial charge in [-0.3, -0.25) is 19.7 Å². The van der Waals surface area contributed by atoms with Gasteiger partial charge in [0.2, 0.25) is 5.91 Å². The Labute approximate surface area is 238 Å². The molecule has 212 valence electrons. The lowest BCUT2D eigenvalue weighted by Crippen LogP contribution is -2.61. The zero-order chi connectivity index (χ0) is 29.0. The van der Waals surface area contributed by atoms with Crippen molar-refractivity contribution in [2.45, 2.75) is 39.0 Å². The number of ether oxygens (including phenoxy) is 2. The first-order chi connectivity index (χ1) is 19.7. The predicted molar refractivity (Wildman–Crippen MR) is 154 cm³/mol. The molecule has 1 fully saturated rings. The van der Waals surface area contributed by atoms with Crippen LogP contribution >= 0.6 is 0 Å². The fourth-order valence-electron chi connectivity index (χ4n) is 4.69. The molecule has 0 bridgehead atoms. The number of nitrogens with one attached hydrogen (secondary N) is 1. The van der Waals surface area contributed by atoms with Crippen LogP contribution in [0.2, 0.25) is 0 Å². The Hall–Kier alpha value is -4.80. The summed E-state index contributed by atoms with van der Waals surface area (Å²) < 4.78 is 11.3. The number of anilines is 1. The first-order valence-electron chi connectivity index (χ1n) is 13.4. The summed E-state index contributed by atoms with van der Waals surface area (Å²) in [6.07, 6.45) is 6.10. The van der Waals surface area contributed by atoms with Crippen LogP contribution in [0, 0.1) is 0 Å². The summed E-state index contributed by atoms with van der Waals surface area (Å²) in [5, 5.41) is 3.67. The highest BCUT2D eigenvalue weighted by Gasteiger charge is 2.38. The molecule has 1 aliphatic heterocycles. The lowest BCUT2D eigenvalue weighted by atomic mass is 10.1. The number of nitrogens with zero attached hydrogens (tertiary/aromatic N) is 6. The van der Waals surface area contributed by atoms with Gasteiger partial charge in [0.25, 0.3) is 0 Å². The number of methoxy groups -OCH3 is 1. The fraction of sp³-hybridized carbons (Fsp3) is 0.333. The number of aromatic nitrogens is 4. The molecule has 1 aliphatic rings. The van der Waals surface area contributed by atoms with Crippen LogP contribution in [0.3, 0.4) is 0 Å². The number of carbonyl (C=O) groups is 2. The van der Waals surface area contributed by atoms with E-state index in [2.05, 4.69) is 15.3 Å². The van der Waals surface area contributed by atoms with Crippen LogP contribution in [-0.2, 0) is 16.1 Å². The second kappa shape index (κ2) is 11.7. The maximum Gasteiger partial charge on any atom is 0.411 e. The minimum Gasteiger partial charge on any atom is -0.494 e. The van der Waals surface area contributed by atoms with Crippen LogP contribution in [0.1, 0.15) is 26.3 Å². The molecule has 0 aliphatic carbocycles. The van der Waals surface area contributed by atoms with Crippen molar-refractivity contribution >= 4 is 28.7 Å². The van der Waals surface area contributed by atoms with Crippen LogP contribution < -0.4 is 15.0 Å². The maximum absolute atomic E-state index is 13.6. The molecule has 1 N–H and O–H groups in total. The Morgan fingerprint density at radius 2 is 1.76 bits per heavy atom. The molecular weight excluding hydrogens is 522 g/mol. The molecule has 4 aromatic rings. The second-order valence-electron chi connectivity index (χ2n) is 10.7. The zero-order valence-electron chi connectivity index (χ0n) is 23.6. The molecule has 0 radical (unpaired) electrons. The van der Waals surface area contributed by atoms with E-state index in [1.807, 2.05) is 47.4 Å². The molecular formula is C30H33N7O4. The normalized spacial score (nSPS) is 15.5. The number of carbonyl (C=O) groups excluding carboxylic acids is 2. The van der Waals surface area contributed by atoms with Crippen molar-refractivity contribution < 1.29 is 19.1 Å². The van der Waals surface area contributed by atoms with Crippen LogP contribution in [0.15, 0.2) is 67.3 Å². The number of hydrogen-bond acceptors (Lipinski definition) is 9. The van der Waals surface area contributed by atoms with E-state index in [-0.39, 0.29) is 19.0 Å². The molecule has 0 spiro atoms. The molecule has 1 aromatic carbocycles. The molecule has 3 aromatic heterocycles. The number of rotatable bonds is 6. The lowest BCUT2D eigenvalue weighted by Gasteiger charge is -2.41. The smallest absolute Gasteiger partial charge is 0.411 e. The van der Waals surface area contributed by atoms with Gasteiger partial charge < -0.3 is 19.7 Å².